The first kappa shape index (κ1) is 14.9. The molecular formula is C14H14N2O4S. The highest BCUT2D eigenvalue weighted by atomic mass is 32.2. The van der Waals surface area contributed by atoms with Crippen LogP contribution in [0, 0.1) is 0 Å². The van der Waals surface area contributed by atoms with Crippen molar-refractivity contribution >= 4 is 15.7 Å². The maximum atomic E-state index is 11.2. The van der Waals surface area contributed by atoms with Crippen molar-refractivity contribution in [2.75, 3.05) is 6.26 Å². The SMILES string of the molecule is CS(=O)(=O)NN=C(c1ccccc1)c1ccc(O)cc1O. The number of aromatic hydroxyl groups is 2. The highest BCUT2D eigenvalue weighted by Gasteiger charge is 2.13. The van der Waals surface area contributed by atoms with Gasteiger partial charge in [-0.2, -0.15) is 5.10 Å². The number of nitrogens with one attached hydrogen (secondary N) is 1. The number of rotatable bonds is 4. The fourth-order valence-corrected chi connectivity index (χ4v) is 1.98. The number of benzene rings is 2. The van der Waals surface area contributed by atoms with Gasteiger partial charge in [-0.25, -0.2) is 13.2 Å². The molecule has 0 unspecified atom stereocenters. The van der Waals surface area contributed by atoms with Gasteiger partial charge in [-0.3, -0.25) is 0 Å². The molecule has 0 aromatic heterocycles. The van der Waals surface area contributed by atoms with Gasteiger partial charge in [-0.05, 0) is 12.1 Å². The van der Waals surface area contributed by atoms with E-state index in [2.05, 4.69) is 5.10 Å². The molecule has 0 aliphatic rings. The second kappa shape index (κ2) is 5.84. The van der Waals surface area contributed by atoms with Crippen LogP contribution >= 0.6 is 0 Å². The van der Waals surface area contributed by atoms with Crippen molar-refractivity contribution in [2.45, 2.75) is 0 Å². The Morgan fingerprint density at radius 3 is 2.33 bits per heavy atom. The van der Waals surface area contributed by atoms with Gasteiger partial charge >= 0.3 is 0 Å². The summed E-state index contributed by atoms with van der Waals surface area (Å²) in [4.78, 5) is 2.05. The van der Waals surface area contributed by atoms with E-state index in [-0.39, 0.29) is 17.2 Å². The summed E-state index contributed by atoms with van der Waals surface area (Å²) in [6.07, 6.45) is 0.982. The quantitative estimate of drug-likeness (QED) is 0.587. The molecule has 0 aliphatic heterocycles. The zero-order valence-corrected chi connectivity index (χ0v) is 12.0. The fraction of sp³-hybridized carbons (Fsp3) is 0.0714. The van der Waals surface area contributed by atoms with Crippen molar-refractivity contribution in [1.82, 2.24) is 4.83 Å². The third-order valence-corrected chi connectivity index (χ3v) is 3.03. The first-order chi connectivity index (χ1) is 9.87. The zero-order valence-electron chi connectivity index (χ0n) is 11.2. The van der Waals surface area contributed by atoms with Gasteiger partial charge < -0.3 is 10.2 Å². The van der Waals surface area contributed by atoms with E-state index in [0.29, 0.717) is 11.1 Å². The summed E-state index contributed by atoms with van der Waals surface area (Å²) in [5.41, 5.74) is 1.17. The zero-order chi connectivity index (χ0) is 15.5. The maximum Gasteiger partial charge on any atom is 0.244 e. The Bertz CT molecular complexity index is 771. The number of phenols is 2. The second-order valence-electron chi connectivity index (χ2n) is 4.39. The molecule has 2 aromatic rings. The van der Waals surface area contributed by atoms with E-state index in [1.54, 1.807) is 24.3 Å². The van der Waals surface area contributed by atoms with Crippen LogP contribution in [-0.2, 0) is 10.0 Å². The summed E-state index contributed by atoms with van der Waals surface area (Å²) in [7, 11) is -3.52. The lowest BCUT2D eigenvalue weighted by Gasteiger charge is -2.09. The Morgan fingerprint density at radius 2 is 1.76 bits per heavy atom. The minimum atomic E-state index is -3.52. The lowest BCUT2D eigenvalue weighted by molar-refractivity contribution is 0.450. The molecule has 2 rings (SSSR count). The molecule has 0 atom stereocenters. The normalized spacial score (nSPS) is 12.1. The molecule has 0 aliphatic carbocycles. The van der Waals surface area contributed by atoms with E-state index in [9.17, 15) is 18.6 Å². The van der Waals surface area contributed by atoms with Crippen LogP contribution in [0.25, 0.3) is 0 Å². The van der Waals surface area contributed by atoms with E-state index >= 15 is 0 Å². The van der Waals surface area contributed by atoms with Crippen molar-refractivity contribution in [3.8, 4) is 11.5 Å². The van der Waals surface area contributed by atoms with Crippen LogP contribution in [0.4, 0.5) is 0 Å². The predicted molar refractivity (Wildman–Crippen MR) is 79.8 cm³/mol. The Hall–Kier alpha value is -2.54. The highest BCUT2D eigenvalue weighted by molar-refractivity contribution is 7.88. The summed E-state index contributed by atoms with van der Waals surface area (Å²) in [5, 5.41) is 23.1. The van der Waals surface area contributed by atoms with Gasteiger partial charge in [0.25, 0.3) is 0 Å². The van der Waals surface area contributed by atoms with Crippen molar-refractivity contribution in [3.63, 3.8) is 0 Å². The van der Waals surface area contributed by atoms with Gasteiger partial charge in [0, 0.05) is 17.2 Å². The second-order valence-corrected chi connectivity index (χ2v) is 6.12. The van der Waals surface area contributed by atoms with Crippen molar-refractivity contribution in [3.05, 3.63) is 59.7 Å². The molecule has 0 saturated carbocycles. The molecule has 2 aromatic carbocycles. The number of hydrazone groups is 1. The monoisotopic (exact) mass is 306 g/mol. The summed E-state index contributed by atoms with van der Waals surface area (Å²) in [6, 6.07) is 12.8. The summed E-state index contributed by atoms with van der Waals surface area (Å²) >= 11 is 0. The Labute approximate surface area is 122 Å². The van der Waals surface area contributed by atoms with Crippen LogP contribution in [-0.4, -0.2) is 30.6 Å². The van der Waals surface area contributed by atoms with Gasteiger partial charge in [-0.1, -0.05) is 30.3 Å². The van der Waals surface area contributed by atoms with E-state index in [1.165, 1.54) is 12.1 Å². The number of hydrogen-bond donors (Lipinski definition) is 3. The molecule has 0 radical (unpaired) electrons. The number of phenolic OH excluding ortho intramolecular Hbond substituents is 2. The average molecular weight is 306 g/mol. The van der Waals surface area contributed by atoms with Crippen LogP contribution in [0.3, 0.4) is 0 Å². The lowest BCUT2D eigenvalue weighted by atomic mass is 10.0. The van der Waals surface area contributed by atoms with Crippen molar-refractivity contribution in [2.24, 2.45) is 5.10 Å². The summed E-state index contributed by atoms with van der Waals surface area (Å²) < 4.78 is 22.4. The van der Waals surface area contributed by atoms with Crippen LogP contribution in [0.15, 0.2) is 53.6 Å². The standard InChI is InChI=1S/C14H14N2O4S/c1-21(19,20)16-15-14(10-5-3-2-4-6-10)12-8-7-11(17)9-13(12)18/h2-9,16-18H,1H3. The minimum Gasteiger partial charge on any atom is -0.508 e. The molecular weight excluding hydrogens is 292 g/mol. The Balaban J connectivity index is 2.56. The van der Waals surface area contributed by atoms with Gasteiger partial charge in [0.2, 0.25) is 10.0 Å². The van der Waals surface area contributed by atoms with Gasteiger partial charge in [0.05, 0.1) is 6.26 Å². The molecule has 0 amide bonds. The third-order valence-electron chi connectivity index (χ3n) is 2.61. The molecule has 110 valence electrons. The van der Waals surface area contributed by atoms with E-state index < -0.39 is 10.0 Å². The smallest absolute Gasteiger partial charge is 0.244 e. The predicted octanol–water partition coefficient (Wildman–Crippen LogP) is 1.40. The molecule has 0 saturated heterocycles. The third kappa shape index (κ3) is 3.96. The van der Waals surface area contributed by atoms with Crippen LogP contribution in [0.2, 0.25) is 0 Å². The summed E-state index contributed by atoms with van der Waals surface area (Å²) in [5.74, 6) is -0.298. The molecule has 7 heteroatoms. The Morgan fingerprint density at radius 1 is 1.10 bits per heavy atom. The van der Waals surface area contributed by atoms with Crippen molar-refractivity contribution < 1.29 is 18.6 Å². The van der Waals surface area contributed by atoms with Gasteiger partial charge in [-0.15, -0.1) is 0 Å². The average Bonchev–Trinajstić information content (AvgIpc) is 2.41. The first-order valence-electron chi connectivity index (χ1n) is 5.99. The van der Waals surface area contributed by atoms with Crippen LogP contribution < -0.4 is 4.83 Å². The summed E-state index contributed by atoms with van der Waals surface area (Å²) in [6.45, 7) is 0. The molecule has 0 heterocycles. The molecule has 3 N–H and O–H groups in total. The largest absolute Gasteiger partial charge is 0.508 e. The number of sulfonamides is 1. The topological polar surface area (TPSA) is 99.0 Å². The van der Waals surface area contributed by atoms with Crippen molar-refractivity contribution in [1.29, 1.82) is 0 Å². The maximum absolute atomic E-state index is 11.2. The first-order valence-corrected chi connectivity index (χ1v) is 7.88. The van der Waals surface area contributed by atoms with Gasteiger partial charge in [0.1, 0.15) is 17.2 Å². The van der Waals surface area contributed by atoms with Crippen LogP contribution in [0.1, 0.15) is 11.1 Å². The highest BCUT2D eigenvalue weighted by Crippen LogP contribution is 2.25. The van der Waals surface area contributed by atoms with E-state index in [4.69, 9.17) is 0 Å². The van der Waals surface area contributed by atoms with E-state index in [0.717, 1.165) is 12.3 Å². The fourth-order valence-electron chi connectivity index (χ4n) is 1.73. The molecule has 21 heavy (non-hydrogen) atoms. The van der Waals surface area contributed by atoms with E-state index in [1.807, 2.05) is 10.9 Å². The van der Waals surface area contributed by atoms with Crippen LogP contribution in [0.5, 0.6) is 11.5 Å². The Kier molecular flexibility index (Phi) is 4.13. The molecule has 0 fully saturated rings. The molecule has 0 bridgehead atoms. The minimum absolute atomic E-state index is 0.0975. The number of nitrogens with zero attached hydrogens (tertiary/aromatic N) is 1. The van der Waals surface area contributed by atoms with Gasteiger partial charge in [0.15, 0.2) is 0 Å². The molecule has 0 spiro atoms. The molecule has 6 nitrogen and oxygen atoms in total. The number of hydrogen-bond acceptors (Lipinski definition) is 5. The lowest BCUT2D eigenvalue weighted by Crippen LogP contribution is -2.19.